The van der Waals surface area contributed by atoms with Crippen molar-refractivity contribution in [3.05, 3.63) is 59.2 Å². The molecule has 174 valence electrons. The Morgan fingerprint density at radius 2 is 1.35 bits per heavy atom. The molecule has 11 heteroatoms. The van der Waals surface area contributed by atoms with Crippen LogP contribution in [-0.4, -0.2) is 0 Å². The minimum absolute atomic E-state index is 0.0239. The fourth-order valence-corrected chi connectivity index (χ4v) is 4.29. The first-order valence-corrected chi connectivity index (χ1v) is 11.3. The maximum absolute atomic E-state index is 14.5. The quantitative estimate of drug-likeness (QED) is 0.390. The molecule has 0 aliphatic heterocycles. The monoisotopic (exact) mass is 478 g/mol. The average Bonchev–Trinajstić information content (AvgIpc) is 2.63. The number of hydrogen-bond acceptors (Lipinski definition) is 1. The fraction of sp³-hybridized carbons (Fsp3) is 0.400. The van der Waals surface area contributed by atoms with E-state index in [9.17, 15) is 37.0 Å². The van der Waals surface area contributed by atoms with Crippen molar-refractivity contribution in [3.63, 3.8) is 0 Å². The van der Waals surface area contributed by atoms with Crippen LogP contribution in [0, 0.1) is 17.6 Å². The summed E-state index contributed by atoms with van der Waals surface area (Å²) < 4.78 is 126. The van der Waals surface area contributed by atoms with Crippen LogP contribution in [-0.2, 0) is 6.11 Å². The molecule has 0 saturated heterocycles. The van der Waals surface area contributed by atoms with Crippen molar-refractivity contribution < 1.29 is 41.7 Å². The van der Waals surface area contributed by atoms with Gasteiger partial charge in [-0.25, -0.2) is 8.78 Å². The summed E-state index contributed by atoms with van der Waals surface area (Å²) in [6, 6.07) is 1.99. The average molecular weight is 478 g/mol. The lowest BCUT2D eigenvalue weighted by molar-refractivity contribution is -0.187. The van der Waals surface area contributed by atoms with Crippen molar-refractivity contribution in [1.82, 2.24) is 0 Å². The molecule has 0 bridgehead atoms. The van der Waals surface area contributed by atoms with E-state index in [1.807, 2.05) is 6.92 Å². The summed E-state index contributed by atoms with van der Waals surface area (Å²) in [5, 5.41) is 0. The van der Waals surface area contributed by atoms with Crippen LogP contribution in [0.3, 0.4) is 0 Å². The third kappa shape index (κ3) is 5.24. The molecule has 3 rings (SSSR count). The molecule has 0 unspecified atom stereocenters. The minimum atomic E-state index is -9.99. The van der Waals surface area contributed by atoms with E-state index in [1.165, 1.54) is 0 Å². The van der Waals surface area contributed by atoms with Crippen molar-refractivity contribution in [2.45, 2.75) is 49.5 Å². The molecule has 0 amide bonds. The molecule has 1 nitrogen and oxygen atoms in total. The Labute approximate surface area is 172 Å². The maximum atomic E-state index is 14.5. The van der Waals surface area contributed by atoms with Gasteiger partial charge >= 0.3 is 16.3 Å². The minimum Gasteiger partial charge on any atom is -0.429 e. The lowest BCUT2D eigenvalue weighted by atomic mass is 9.79. The van der Waals surface area contributed by atoms with E-state index >= 15 is 0 Å². The lowest BCUT2D eigenvalue weighted by Crippen LogP contribution is -2.25. The Morgan fingerprint density at radius 1 is 0.806 bits per heavy atom. The van der Waals surface area contributed by atoms with Crippen LogP contribution in [0.15, 0.2) is 41.3 Å². The van der Waals surface area contributed by atoms with Gasteiger partial charge in [-0.2, -0.15) is 8.78 Å². The third-order valence-electron chi connectivity index (χ3n) is 5.40. The van der Waals surface area contributed by atoms with Gasteiger partial charge in [0.15, 0.2) is 11.6 Å². The van der Waals surface area contributed by atoms with Gasteiger partial charge in [-0.15, -0.1) is 0 Å². The molecule has 0 atom stereocenters. The van der Waals surface area contributed by atoms with E-state index in [0.29, 0.717) is 24.8 Å². The van der Waals surface area contributed by atoms with Gasteiger partial charge in [0, 0.05) is 0 Å². The van der Waals surface area contributed by atoms with Crippen LogP contribution in [0.25, 0.3) is 0 Å². The summed E-state index contributed by atoms with van der Waals surface area (Å²) in [5.41, 5.74) is -1.47. The van der Waals surface area contributed by atoms with E-state index in [4.69, 9.17) is 0 Å². The molecule has 1 aliphatic rings. The zero-order valence-electron chi connectivity index (χ0n) is 16.2. The Kier molecular flexibility index (Phi) is 5.32. The molecular formula is C20H19F9OS. The lowest BCUT2D eigenvalue weighted by Gasteiger charge is -2.40. The van der Waals surface area contributed by atoms with E-state index in [-0.39, 0.29) is 35.7 Å². The highest BCUT2D eigenvalue weighted by Crippen LogP contribution is 3.02. The van der Waals surface area contributed by atoms with Crippen LogP contribution in [0.2, 0.25) is 0 Å². The van der Waals surface area contributed by atoms with Gasteiger partial charge in [0.25, 0.3) is 0 Å². The number of benzene rings is 2. The first-order chi connectivity index (χ1) is 14.0. The zero-order valence-corrected chi connectivity index (χ0v) is 17.0. The second-order valence-electron chi connectivity index (χ2n) is 7.85. The van der Waals surface area contributed by atoms with Crippen molar-refractivity contribution in [1.29, 1.82) is 0 Å². The first kappa shape index (κ1) is 23.6. The van der Waals surface area contributed by atoms with Gasteiger partial charge in [0.2, 0.25) is 0 Å². The summed E-state index contributed by atoms with van der Waals surface area (Å²) in [6.45, 7) is 2.03. The maximum Gasteiger partial charge on any atom is 0.429 e. The molecular weight excluding hydrogens is 459 g/mol. The second-order valence-corrected chi connectivity index (χ2v) is 10.3. The number of rotatable bonds is 5. The number of alkyl halides is 2. The molecule has 2 aromatic carbocycles. The van der Waals surface area contributed by atoms with Gasteiger partial charge in [-0.1, -0.05) is 45.3 Å². The molecule has 1 saturated carbocycles. The predicted octanol–water partition coefficient (Wildman–Crippen LogP) is 9.04. The van der Waals surface area contributed by atoms with Gasteiger partial charge in [-0.3, -0.25) is 0 Å². The van der Waals surface area contributed by atoms with Gasteiger partial charge < -0.3 is 4.74 Å². The molecule has 1 aliphatic carbocycles. The molecule has 31 heavy (non-hydrogen) atoms. The highest BCUT2D eigenvalue weighted by atomic mass is 32.5. The molecule has 0 aromatic heterocycles. The van der Waals surface area contributed by atoms with Crippen molar-refractivity contribution in [3.8, 4) is 5.75 Å². The van der Waals surface area contributed by atoms with Crippen molar-refractivity contribution in [2.75, 3.05) is 0 Å². The van der Waals surface area contributed by atoms with E-state index in [1.54, 1.807) is 0 Å². The van der Waals surface area contributed by atoms with Gasteiger partial charge in [0.1, 0.15) is 16.2 Å². The molecule has 1 fully saturated rings. The molecule has 2 aromatic rings. The van der Waals surface area contributed by atoms with E-state index in [0.717, 1.165) is 18.9 Å². The molecule has 0 N–H and O–H groups in total. The summed E-state index contributed by atoms with van der Waals surface area (Å²) in [5.74, 6) is -4.07. The van der Waals surface area contributed by atoms with E-state index in [2.05, 4.69) is 4.74 Å². The molecule has 0 spiro atoms. The number of ether oxygens (including phenoxy) is 1. The smallest absolute Gasteiger partial charge is 0.429 e. The van der Waals surface area contributed by atoms with Crippen LogP contribution >= 0.6 is 10.2 Å². The first-order valence-electron chi connectivity index (χ1n) is 9.37. The Bertz CT molecular complexity index is 964. The van der Waals surface area contributed by atoms with Crippen molar-refractivity contribution >= 4 is 10.2 Å². The number of halogens is 9. The SMILES string of the molecule is CC1CCC(c2ccc(C(F)(F)Oc3ccc(S(F)(F)(F)(F)F)cc3)c(F)c2F)CC1. The largest absolute Gasteiger partial charge is 0.429 e. The molecule has 0 radical (unpaired) electrons. The Morgan fingerprint density at radius 3 is 1.87 bits per heavy atom. The van der Waals surface area contributed by atoms with Crippen LogP contribution < -0.4 is 4.74 Å². The van der Waals surface area contributed by atoms with Gasteiger partial charge in [0.05, 0.1) is 0 Å². The summed E-state index contributed by atoms with van der Waals surface area (Å²) in [6.07, 6.45) is -1.70. The predicted molar refractivity (Wildman–Crippen MR) is 99.1 cm³/mol. The fourth-order valence-electron chi connectivity index (χ4n) is 3.64. The standard InChI is InChI=1S/C20H19F9OS/c1-12-2-4-13(5-3-12)16-10-11-17(19(22)18(16)21)20(23,24)30-14-6-8-15(9-7-14)31(25,26,27,28)29/h6-13H,2-5H2,1H3. The third-order valence-corrected chi connectivity index (χ3v) is 6.56. The van der Waals surface area contributed by atoms with Crippen molar-refractivity contribution in [2.24, 2.45) is 5.92 Å². The normalized spacial score (nSPS) is 22.5. The number of hydrogen-bond donors (Lipinski definition) is 0. The Balaban J connectivity index is 1.84. The van der Waals surface area contributed by atoms with Crippen LogP contribution in [0.1, 0.15) is 49.7 Å². The second kappa shape index (κ2) is 6.98. The summed E-state index contributed by atoms with van der Waals surface area (Å²) in [4.78, 5) is -2.29. The van der Waals surface area contributed by atoms with Crippen LogP contribution in [0.5, 0.6) is 5.75 Å². The topological polar surface area (TPSA) is 9.23 Å². The van der Waals surface area contributed by atoms with Gasteiger partial charge in [-0.05, 0) is 60.6 Å². The summed E-state index contributed by atoms with van der Waals surface area (Å²) in [7, 11) is -9.99. The van der Waals surface area contributed by atoms with Crippen LogP contribution in [0.4, 0.5) is 37.0 Å². The zero-order chi connectivity index (χ0) is 23.3. The Hall–Kier alpha value is -2.04. The highest BCUT2D eigenvalue weighted by Gasteiger charge is 2.65. The summed E-state index contributed by atoms with van der Waals surface area (Å²) >= 11 is 0. The van der Waals surface area contributed by atoms with E-state index < -0.39 is 44.2 Å². The molecule has 0 heterocycles. The highest BCUT2D eigenvalue weighted by molar-refractivity contribution is 8.45.